The summed E-state index contributed by atoms with van der Waals surface area (Å²) < 4.78 is 66.5. The highest BCUT2D eigenvalue weighted by Crippen LogP contribution is 2.30. The first kappa shape index (κ1) is 19.9. The Morgan fingerprint density at radius 3 is 2.57 bits per heavy atom. The van der Waals surface area contributed by atoms with E-state index in [-0.39, 0.29) is 27.8 Å². The second-order valence-electron chi connectivity index (χ2n) is 6.30. The van der Waals surface area contributed by atoms with E-state index in [0.717, 1.165) is 4.52 Å². The van der Waals surface area contributed by atoms with Crippen molar-refractivity contribution in [1.82, 2.24) is 34.3 Å². The molecular weight excluding hydrogens is 423 g/mol. The molecule has 4 aromatic heterocycles. The van der Waals surface area contributed by atoms with Gasteiger partial charge < -0.3 is 0 Å². The average Bonchev–Trinajstić information content (AvgIpc) is 3.33. The lowest BCUT2D eigenvalue weighted by Crippen LogP contribution is -2.08. The van der Waals surface area contributed by atoms with Gasteiger partial charge in [-0.3, -0.25) is 9.67 Å². The predicted octanol–water partition coefficient (Wildman–Crippen LogP) is 2.40. The van der Waals surface area contributed by atoms with E-state index in [2.05, 4.69) is 25.1 Å². The molecule has 0 aliphatic rings. The third kappa shape index (κ3) is 3.40. The minimum absolute atomic E-state index is 0.0156. The number of halogens is 3. The zero-order valence-electron chi connectivity index (χ0n) is 15.7. The van der Waals surface area contributed by atoms with Crippen molar-refractivity contribution in [2.45, 2.75) is 18.0 Å². The van der Waals surface area contributed by atoms with Gasteiger partial charge in [0.2, 0.25) is 0 Å². The molecule has 0 spiro atoms. The maximum absolute atomic E-state index is 12.9. The zero-order chi connectivity index (χ0) is 21.7. The van der Waals surface area contributed by atoms with E-state index in [1.54, 1.807) is 24.0 Å². The minimum atomic E-state index is -4.73. The molecule has 4 rings (SSSR count). The summed E-state index contributed by atoms with van der Waals surface area (Å²) in [6.45, 7) is 1.49. The molecule has 4 aromatic rings. The van der Waals surface area contributed by atoms with Crippen molar-refractivity contribution >= 4 is 15.6 Å². The topological polar surface area (TPSA) is 108 Å². The molecule has 0 unspecified atom stereocenters. The van der Waals surface area contributed by atoms with Gasteiger partial charge >= 0.3 is 6.18 Å². The van der Waals surface area contributed by atoms with E-state index in [9.17, 15) is 21.6 Å². The maximum atomic E-state index is 12.9. The van der Waals surface area contributed by atoms with Crippen LogP contribution in [0.4, 0.5) is 13.2 Å². The third-order valence-corrected chi connectivity index (χ3v) is 6.13. The van der Waals surface area contributed by atoms with Crippen LogP contribution in [0, 0.1) is 0 Å². The van der Waals surface area contributed by atoms with Gasteiger partial charge in [0.1, 0.15) is 5.69 Å². The lowest BCUT2D eigenvalue weighted by molar-refractivity contribution is -0.144. The predicted molar refractivity (Wildman–Crippen MR) is 98.9 cm³/mol. The maximum Gasteiger partial charge on any atom is 0.453 e. The Morgan fingerprint density at radius 2 is 1.93 bits per heavy atom. The van der Waals surface area contributed by atoms with Gasteiger partial charge in [-0.15, -0.1) is 5.10 Å². The van der Waals surface area contributed by atoms with Gasteiger partial charge in [0, 0.05) is 31.2 Å². The molecule has 0 fully saturated rings. The standard InChI is InChI=1S/C17H14F3N7O2S/c1-3-30(28,29)13-8-10(12-4-6-22-26(12)2)9-21-14(13)11-5-7-27-16(23-11)24-15(25-27)17(18,19)20/h4-9H,3H2,1-2H3. The molecule has 0 saturated carbocycles. The lowest BCUT2D eigenvalue weighted by atomic mass is 10.1. The number of nitrogens with zero attached hydrogens (tertiary/aromatic N) is 7. The third-order valence-electron chi connectivity index (χ3n) is 4.39. The van der Waals surface area contributed by atoms with Gasteiger partial charge in [-0.2, -0.15) is 23.3 Å². The smallest absolute Gasteiger partial charge is 0.268 e. The van der Waals surface area contributed by atoms with Crippen molar-refractivity contribution in [3.63, 3.8) is 0 Å². The molecule has 0 aliphatic heterocycles. The lowest BCUT2D eigenvalue weighted by Gasteiger charge is -2.11. The van der Waals surface area contributed by atoms with Crippen LogP contribution in [0.3, 0.4) is 0 Å². The van der Waals surface area contributed by atoms with Crippen LogP contribution in [0.15, 0.2) is 41.7 Å². The summed E-state index contributed by atoms with van der Waals surface area (Å²) in [5.74, 6) is -1.85. The van der Waals surface area contributed by atoms with Gasteiger partial charge in [-0.25, -0.2) is 17.9 Å². The fourth-order valence-electron chi connectivity index (χ4n) is 2.86. The molecule has 13 heteroatoms. The highest BCUT2D eigenvalue weighted by Gasteiger charge is 2.36. The normalized spacial score (nSPS) is 12.6. The molecule has 0 radical (unpaired) electrons. The molecule has 0 aliphatic carbocycles. The zero-order valence-corrected chi connectivity index (χ0v) is 16.5. The summed E-state index contributed by atoms with van der Waals surface area (Å²) >= 11 is 0. The number of alkyl halides is 3. The molecule has 156 valence electrons. The highest BCUT2D eigenvalue weighted by molar-refractivity contribution is 7.91. The number of pyridine rings is 1. The Hall–Kier alpha value is -3.35. The van der Waals surface area contributed by atoms with E-state index in [0.29, 0.717) is 11.3 Å². The van der Waals surface area contributed by atoms with Crippen LogP contribution in [0.5, 0.6) is 0 Å². The van der Waals surface area contributed by atoms with E-state index in [1.807, 2.05) is 0 Å². The second-order valence-corrected chi connectivity index (χ2v) is 8.55. The average molecular weight is 437 g/mol. The SMILES string of the molecule is CCS(=O)(=O)c1cc(-c2ccnn2C)cnc1-c1ccn2nc(C(F)(F)F)nc2n1. The van der Waals surface area contributed by atoms with Gasteiger partial charge in [0.05, 0.1) is 22.0 Å². The number of sulfone groups is 1. The highest BCUT2D eigenvalue weighted by atomic mass is 32.2. The van der Waals surface area contributed by atoms with Gasteiger partial charge in [-0.1, -0.05) is 6.92 Å². The Morgan fingerprint density at radius 1 is 1.17 bits per heavy atom. The van der Waals surface area contributed by atoms with Crippen molar-refractivity contribution in [3.05, 3.63) is 42.6 Å². The number of hydrogen-bond acceptors (Lipinski definition) is 7. The summed E-state index contributed by atoms with van der Waals surface area (Å²) in [4.78, 5) is 11.6. The molecule has 0 aromatic carbocycles. The molecule has 0 amide bonds. The van der Waals surface area contributed by atoms with Crippen LogP contribution >= 0.6 is 0 Å². The Kier molecular flexibility index (Phi) is 4.56. The quantitative estimate of drug-likeness (QED) is 0.482. The van der Waals surface area contributed by atoms with Crippen molar-refractivity contribution in [2.24, 2.45) is 7.05 Å². The number of rotatable bonds is 4. The second kappa shape index (κ2) is 6.86. The van der Waals surface area contributed by atoms with Gasteiger partial charge in [0.25, 0.3) is 11.6 Å². The van der Waals surface area contributed by atoms with Crippen molar-refractivity contribution in [1.29, 1.82) is 0 Å². The molecule has 4 heterocycles. The van der Waals surface area contributed by atoms with E-state index >= 15 is 0 Å². The van der Waals surface area contributed by atoms with Crippen LogP contribution < -0.4 is 0 Å². The molecule has 0 N–H and O–H groups in total. The molecule has 0 bridgehead atoms. The molecule has 0 atom stereocenters. The van der Waals surface area contributed by atoms with E-state index in [4.69, 9.17) is 0 Å². The molecule has 30 heavy (non-hydrogen) atoms. The molecule has 0 saturated heterocycles. The Labute approximate surface area is 168 Å². The first-order valence-corrected chi connectivity index (χ1v) is 10.3. The minimum Gasteiger partial charge on any atom is -0.268 e. The van der Waals surface area contributed by atoms with E-state index < -0.39 is 21.8 Å². The van der Waals surface area contributed by atoms with Crippen LogP contribution in [-0.4, -0.2) is 48.5 Å². The van der Waals surface area contributed by atoms with Gasteiger partial charge in [-0.05, 0) is 18.2 Å². The number of fused-ring (bicyclic) bond motifs is 1. The molecule has 9 nitrogen and oxygen atoms in total. The monoisotopic (exact) mass is 437 g/mol. The number of aromatic nitrogens is 7. The summed E-state index contributed by atoms with van der Waals surface area (Å²) in [6.07, 6.45) is -0.485. The number of aryl methyl sites for hydroxylation is 1. The van der Waals surface area contributed by atoms with E-state index in [1.165, 1.54) is 31.5 Å². The van der Waals surface area contributed by atoms with Crippen LogP contribution in [0.25, 0.3) is 28.4 Å². The van der Waals surface area contributed by atoms with Crippen LogP contribution in [0.1, 0.15) is 12.7 Å². The van der Waals surface area contributed by atoms with Crippen LogP contribution in [-0.2, 0) is 23.1 Å². The largest absolute Gasteiger partial charge is 0.453 e. The Bertz CT molecular complexity index is 1360. The summed E-state index contributed by atoms with van der Waals surface area (Å²) in [5, 5.41) is 7.39. The van der Waals surface area contributed by atoms with Crippen molar-refractivity contribution in [3.8, 4) is 22.6 Å². The summed E-state index contributed by atoms with van der Waals surface area (Å²) in [5.41, 5.74) is 1.25. The van der Waals surface area contributed by atoms with Crippen molar-refractivity contribution < 1.29 is 21.6 Å². The Balaban J connectivity index is 1.90. The van der Waals surface area contributed by atoms with Crippen molar-refractivity contribution in [2.75, 3.05) is 5.75 Å². The fraction of sp³-hybridized carbons (Fsp3) is 0.235. The summed E-state index contributed by atoms with van der Waals surface area (Å²) in [6, 6.07) is 4.50. The first-order valence-electron chi connectivity index (χ1n) is 8.62. The fourth-order valence-corrected chi connectivity index (χ4v) is 3.93. The molecular formula is C17H14F3N7O2S. The number of hydrogen-bond donors (Lipinski definition) is 0. The summed E-state index contributed by atoms with van der Waals surface area (Å²) in [7, 11) is -2.03. The van der Waals surface area contributed by atoms with Gasteiger partial charge in [0.15, 0.2) is 9.84 Å². The van der Waals surface area contributed by atoms with Crippen LogP contribution in [0.2, 0.25) is 0 Å². The first-order chi connectivity index (χ1) is 14.1.